The molecule has 0 spiro atoms. The number of benzene rings is 2. The highest BCUT2D eigenvalue weighted by Gasteiger charge is 2.33. The highest BCUT2D eigenvalue weighted by atomic mass is 31.2. The van der Waals surface area contributed by atoms with Crippen LogP contribution in [-0.2, 0) is 20.2 Å². The fourth-order valence-electron chi connectivity index (χ4n) is 2.57. The first-order chi connectivity index (χ1) is 13.5. The summed E-state index contributed by atoms with van der Waals surface area (Å²) in [4.78, 5) is 4.34. The minimum atomic E-state index is -3.58. The van der Waals surface area contributed by atoms with Crippen LogP contribution in [0.4, 0.5) is 5.88 Å². The number of oxazole rings is 1. The molecule has 146 valence electrons. The van der Waals surface area contributed by atoms with Gasteiger partial charge in [-0.05, 0) is 24.1 Å². The Kier molecular flexibility index (Phi) is 6.47. The number of aryl methyl sites for hydroxylation is 1. The molecule has 6 nitrogen and oxygen atoms in total. The summed E-state index contributed by atoms with van der Waals surface area (Å²) in [5.41, 5.74) is 3.36. The van der Waals surface area contributed by atoms with Crippen LogP contribution in [0.5, 0.6) is 0 Å². The molecule has 3 aromatic rings. The molecule has 0 bridgehead atoms. The van der Waals surface area contributed by atoms with Gasteiger partial charge in [-0.2, -0.15) is 4.98 Å². The van der Waals surface area contributed by atoms with Crippen molar-refractivity contribution in [2.24, 2.45) is 0 Å². The third-order valence-electron chi connectivity index (χ3n) is 4.16. The van der Waals surface area contributed by atoms with Crippen molar-refractivity contribution in [2.75, 3.05) is 19.5 Å². The van der Waals surface area contributed by atoms with E-state index in [2.05, 4.69) is 10.3 Å². The molecule has 1 N–H and O–H groups in total. The summed E-state index contributed by atoms with van der Waals surface area (Å²) in [6, 6.07) is 17.8. The number of aromatic nitrogens is 1. The molecular formula is C21H23N2O4P. The zero-order chi connectivity index (χ0) is 20.0. The van der Waals surface area contributed by atoms with Crippen molar-refractivity contribution in [1.82, 2.24) is 4.98 Å². The van der Waals surface area contributed by atoms with Crippen LogP contribution in [0.2, 0.25) is 0 Å². The topological polar surface area (TPSA) is 73.6 Å². The number of nitrogens with one attached hydrogen (secondary N) is 1. The molecule has 28 heavy (non-hydrogen) atoms. The summed E-state index contributed by atoms with van der Waals surface area (Å²) >= 11 is 0. The van der Waals surface area contributed by atoms with Crippen LogP contribution in [0, 0.1) is 6.92 Å². The van der Waals surface area contributed by atoms with Crippen molar-refractivity contribution >= 4 is 31.1 Å². The quantitative estimate of drug-likeness (QED) is 0.546. The van der Waals surface area contributed by atoms with Gasteiger partial charge in [-0.15, -0.1) is 0 Å². The van der Waals surface area contributed by atoms with E-state index in [-0.39, 0.29) is 11.3 Å². The molecule has 0 atom stereocenters. The van der Waals surface area contributed by atoms with Crippen LogP contribution >= 0.6 is 7.60 Å². The molecule has 0 aliphatic rings. The largest absolute Gasteiger partial charge is 0.420 e. The summed E-state index contributed by atoms with van der Waals surface area (Å²) in [7, 11) is -0.933. The Bertz CT molecular complexity index is 973. The second-order valence-electron chi connectivity index (χ2n) is 6.15. The second-order valence-corrected chi connectivity index (χ2v) is 8.30. The fourth-order valence-corrected chi connectivity index (χ4v) is 3.66. The molecule has 0 saturated heterocycles. The van der Waals surface area contributed by atoms with E-state index in [0.29, 0.717) is 12.4 Å². The smallest absolute Gasteiger partial charge is 0.384 e. The monoisotopic (exact) mass is 398 g/mol. The summed E-state index contributed by atoms with van der Waals surface area (Å²) in [6.45, 7) is 2.52. The summed E-state index contributed by atoms with van der Waals surface area (Å²) < 4.78 is 28.9. The first-order valence-corrected chi connectivity index (χ1v) is 10.3. The summed E-state index contributed by atoms with van der Waals surface area (Å²) in [5, 5.41) is 3.15. The van der Waals surface area contributed by atoms with Crippen molar-refractivity contribution in [2.45, 2.75) is 13.5 Å². The maximum Gasteiger partial charge on any atom is 0.384 e. The van der Waals surface area contributed by atoms with E-state index >= 15 is 0 Å². The third kappa shape index (κ3) is 4.78. The minimum Gasteiger partial charge on any atom is -0.420 e. The molecule has 1 aromatic heterocycles. The molecule has 0 fully saturated rings. The van der Waals surface area contributed by atoms with Crippen LogP contribution in [-0.4, -0.2) is 19.2 Å². The number of hydrogen-bond donors (Lipinski definition) is 1. The maximum absolute atomic E-state index is 12.9. The molecule has 0 aliphatic carbocycles. The predicted octanol–water partition coefficient (Wildman–Crippen LogP) is 4.88. The van der Waals surface area contributed by atoms with Crippen molar-refractivity contribution in [3.8, 4) is 0 Å². The van der Waals surface area contributed by atoms with Gasteiger partial charge < -0.3 is 18.8 Å². The zero-order valence-corrected chi connectivity index (χ0v) is 17.0. The van der Waals surface area contributed by atoms with Gasteiger partial charge in [0.2, 0.25) is 17.2 Å². The molecule has 0 radical (unpaired) electrons. The lowest BCUT2D eigenvalue weighted by Gasteiger charge is -2.12. The molecule has 2 aromatic carbocycles. The lowest BCUT2D eigenvalue weighted by molar-refractivity contribution is 0.286. The molecule has 3 rings (SSSR count). The second kappa shape index (κ2) is 9.02. The molecule has 7 heteroatoms. The Morgan fingerprint density at radius 3 is 2.36 bits per heavy atom. The van der Waals surface area contributed by atoms with Crippen LogP contribution in [0.15, 0.2) is 59.0 Å². The van der Waals surface area contributed by atoms with E-state index < -0.39 is 7.60 Å². The zero-order valence-electron chi connectivity index (χ0n) is 16.1. The highest BCUT2D eigenvalue weighted by molar-refractivity contribution is 7.62. The predicted molar refractivity (Wildman–Crippen MR) is 112 cm³/mol. The van der Waals surface area contributed by atoms with E-state index in [4.69, 9.17) is 13.5 Å². The van der Waals surface area contributed by atoms with Crippen LogP contribution in [0.3, 0.4) is 0 Å². The van der Waals surface area contributed by atoms with E-state index in [1.54, 1.807) is 6.08 Å². The Balaban J connectivity index is 1.87. The van der Waals surface area contributed by atoms with Crippen molar-refractivity contribution in [1.29, 1.82) is 0 Å². The standard InChI is InChI=1S/C21H23N2O4P/c1-16-9-11-18(12-10-16)15-22-20-21(28(24,25-2)26-3)23-19(27-20)14-13-17-7-5-4-6-8-17/h4-14,22H,15H2,1-3H3. The first-order valence-electron chi connectivity index (χ1n) is 8.79. The highest BCUT2D eigenvalue weighted by Crippen LogP contribution is 2.47. The molecule has 0 amide bonds. The van der Waals surface area contributed by atoms with Crippen molar-refractivity contribution in [3.63, 3.8) is 0 Å². The number of hydrogen-bond acceptors (Lipinski definition) is 6. The third-order valence-corrected chi connectivity index (χ3v) is 5.94. The SMILES string of the molecule is COP(=O)(OC)c1nc(C=Cc2ccccc2)oc1NCc1ccc(C)cc1. The maximum atomic E-state index is 12.9. The summed E-state index contributed by atoms with van der Waals surface area (Å²) in [6.07, 6.45) is 3.58. The normalized spacial score (nSPS) is 11.8. The van der Waals surface area contributed by atoms with Gasteiger partial charge in [-0.3, -0.25) is 4.57 Å². The van der Waals surface area contributed by atoms with Crippen LogP contribution in [0.25, 0.3) is 12.2 Å². The molecule has 0 saturated carbocycles. The lowest BCUT2D eigenvalue weighted by atomic mass is 10.1. The van der Waals surface area contributed by atoms with Gasteiger partial charge in [0.25, 0.3) is 0 Å². The van der Waals surface area contributed by atoms with Crippen LogP contribution < -0.4 is 10.8 Å². The van der Waals surface area contributed by atoms with Crippen LogP contribution in [0.1, 0.15) is 22.6 Å². The Morgan fingerprint density at radius 2 is 1.71 bits per heavy atom. The van der Waals surface area contributed by atoms with Gasteiger partial charge >= 0.3 is 7.60 Å². The van der Waals surface area contributed by atoms with Gasteiger partial charge in [0.15, 0.2) is 0 Å². The van der Waals surface area contributed by atoms with Crippen molar-refractivity contribution < 1.29 is 18.0 Å². The minimum absolute atomic E-state index is 0.123. The molecular weight excluding hydrogens is 375 g/mol. The Morgan fingerprint density at radius 1 is 1.04 bits per heavy atom. The molecule has 1 heterocycles. The van der Waals surface area contributed by atoms with Gasteiger partial charge in [0, 0.05) is 26.8 Å². The van der Waals surface area contributed by atoms with E-state index in [1.165, 1.54) is 19.8 Å². The van der Waals surface area contributed by atoms with Gasteiger partial charge in [-0.1, -0.05) is 60.2 Å². The number of rotatable bonds is 8. The average molecular weight is 398 g/mol. The van der Waals surface area contributed by atoms with E-state index in [9.17, 15) is 4.57 Å². The number of nitrogens with zero attached hydrogens (tertiary/aromatic N) is 1. The Labute approximate surface area is 164 Å². The fraction of sp³-hybridized carbons (Fsp3) is 0.190. The molecule has 0 aliphatic heterocycles. The first kappa shape index (κ1) is 20.1. The lowest BCUT2D eigenvalue weighted by Crippen LogP contribution is -2.14. The van der Waals surface area contributed by atoms with E-state index in [1.807, 2.05) is 67.6 Å². The van der Waals surface area contributed by atoms with E-state index in [0.717, 1.165) is 11.1 Å². The average Bonchev–Trinajstić information content (AvgIpc) is 3.16. The number of anilines is 1. The van der Waals surface area contributed by atoms with Gasteiger partial charge in [0.05, 0.1) is 0 Å². The Hall–Kier alpha value is -2.66. The summed E-state index contributed by atoms with van der Waals surface area (Å²) in [5.74, 6) is 0.569. The molecule has 0 unspecified atom stereocenters. The van der Waals surface area contributed by atoms with Gasteiger partial charge in [0.1, 0.15) is 0 Å². The van der Waals surface area contributed by atoms with Gasteiger partial charge in [-0.25, -0.2) is 0 Å². The van der Waals surface area contributed by atoms with Crippen molar-refractivity contribution in [3.05, 3.63) is 77.2 Å².